The van der Waals surface area contributed by atoms with E-state index in [-0.39, 0.29) is 6.10 Å². The minimum absolute atomic E-state index is 0.159. The Morgan fingerprint density at radius 1 is 1.12 bits per heavy atom. The molecule has 0 saturated carbocycles. The Morgan fingerprint density at radius 2 is 1.92 bits per heavy atom. The third-order valence-electron chi connectivity index (χ3n) is 3.47. The summed E-state index contributed by atoms with van der Waals surface area (Å²) in [4.78, 5) is 0. The van der Waals surface area contributed by atoms with E-state index < -0.39 is 0 Å². The van der Waals surface area contributed by atoms with Crippen molar-refractivity contribution < 1.29 is 4.74 Å². The molecule has 0 unspecified atom stereocenters. The van der Waals surface area contributed by atoms with Crippen molar-refractivity contribution in [2.24, 2.45) is 0 Å². The Labute approximate surface area is 150 Å². The molecule has 0 aliphatic heterocycles. The average Bonchev–Trinajstić information content (AvgIpc) is 2.51. The molecule has 3 nitrogen and oxygen atoms in total. The first-order chi connectivity index (χ1) is 11.5. The van der Waals surface area contributed by atoms with Gasteiger partial charge < -0.3 is 15.4 Å². The van der Waals surface area contributed by atoms with Crippen LogP contribution in [0.1, 0.15) is 31.4 Å². The lowest BCUT2D eigenvalue weighted by Crippen LogP contribution is -2.29. The standard InChI is InChI=1S/C20H26N2OS/c1-15(2)23-19-11-5-10-18(14-19)22-20(24)21-12-6-9-17-8-4-7-16(3)13-17/h4-5,7-8,10-11,13-15H,6,9,12H2,1-3H3,(H2,21,22,24). The maximum Gasteiger partial charge on any atom is 0.170 e. The molecule has 0 bridgehead atoms. The number of nitrogens with one attached hydrogen (secondary N) is 2. The van der Waals surface area contributed by atoms with Crippen LogP contribution in [0.25, 0.3) is 0 Å². The van der Waals surface area contributed by atoms with Crippen LogP contribution in [0.4, 0.5) is 5.69 Å². The van der Waals surface area contributed by atoms with Gasteiger partial charge in [0.05, 0.1) is 6.10 Å². The molecule has 0 aliphatic carbocycles. The van der Waals surface area contributed by atoms with Gasteiger partial charge in [-0.05, 0) is 63.5 Å². The predicted molar refractivity (Wildman–Crippen MR) is 106 cm³/mol. The number of aryl methyl sites for hydroxylation is 2. The summed E-state index contributed by atoms with van der Waals surface area (Å²) < 4.78 is 5.69. The molecule has 2 aromatic rings. The van der Waals surface area contributed by atoms with Crippen molar-refractivity contribution >= 4 is 23.0 Å². The highest BCUT2D eigenvalue weighted by atomic mass is 32.1. The summed E-state index contributed by atoms with van der Waals surface area (Å²) in [5.41, 5.74) is 3.61. The van der Waals surface area contributed by atoms with E-state index in [1.165, 1.54) is 11.1 Å². The lowest BCUT2D eigenvalue weighted by atomic mass is 10.1. The number of hydrogen-bond acceptors (Lipinski definition) is 2. The van der Waals surface area contributed by atoms with Crippen molar-refractivity contribution in [2.75, 3.05) is 11.9 Å². The minimum Gasteiger partial charge on any atom is -0.491 e. The molecular weight excluding hydrogens is 316 g/mol. The molecule has 128 valence electrons. The van der Waals surface area contributed by atoms with Crippen LogP contribution in [0.3, 0.4) is 0 Å². The van der Waals surface area contributed by atoms with E-state index in [1.54, 1.807) is 0 Å². The quantitative estimate of drug-likeness (QED) is 0.564. The fraction of sp³-hybridized carbons (Fsp3) is 0.350. The summed E-state index contributed by atoms with van der Waals surface area (Å²) in [5.74, 6) is 0.845. The molecule has 0 radical (unpaired) electrons. The zero-order valence-corrected chi connectivity index (χ0v) is 15.5. The minimum atomic E-state index is 0.159. The van der Waals surface area contributed by atoms with Crippen LogP contribution in [-0.4, -0.2) is 17.8 Å². The van der Waals surface area contributed by atoms with Crippen LogP contribution >= 0.6 is 12.2 Å². The number of hydrogen-bond donors (Lipinski definition) is 2. The van der Waals surface area contributed by atoms with Crippen molar-refractivity contribution in [3.8, 4) is 5.75 Å². The summed E-state index contributed by atoms with van der Waals surface area (Å²) in [6.07, 6.45) is 2.25. The highest BCUT2D eigenvalue weighted by Crippen LogP contribution is 2.18. The molecule has 0 atom stereocenters. The molecule has 24 heavy (non-hydrogen) atoms. The Morgan fingerprint density at radius 3 is 2.67 bits per heavy atom. The van der Waals surface area contributed by atoms with Crippen molar-refractivity contribution in [3.05, 3.63) is 59.7 Å². The van der Waals surface area contributed by atoms with E-state index in [0.717, 1.165) is 30.8 Å². The molecule has 2 N–H and O–H groups in total. The van der Waals surface area contributed by atoms with Gasteiger partial charge in [-0.2, -0.15) is 0 Å². The second kappa shape index (κ2) is 9.28. The summed E-state index contributed by atoms with van der Waals surface area (Å²) in [5, 5.41) is 7.10. The third kappa shape index (κ3) is 6.59. The van der Waals surface area contributed by atoms with Gasteiger partial charge in [-0.25, -0.2) is 0 Å². The smallest absolute Gasteiger partial charge is 0.170 e. The van der Waals surface area contributed by atoms with Gasteiger partial charge in [0.2, 0.25) is 0 Å². The molecule has 0 spiro atoms. The van der Waals surface area contributed by atoms with Gasteiger partial charge >= 0.3 is 0 Å². The highest BCUT2D eigenvalue weighted by Gasteiger charge is 2.01. The van der Waals surface area contributed by atoms with Crippen LogP contribution in [0.15, 0.2) is 48.5 Å². The van der Waals surface area contributed by atoms with Gasteiger partial charge in [0.1, 0.15) is 5.75 Å². The average molecular weight is 343 g/mol. The van der Waals surface area contributed by atoms with E-state index in [1.807, 2.05) is 38.1 Å². The van der Waals surface area contributed by atoms with Crippen LogP contribution in [0, 0.1) is 6.92 Å². The molecule has 0 fully saturated rings. The zero-order valence-electron chi connectivity index (χ0n) is 14.6. The first kappa shape index (κ1) is 18.3. The SMILES string of the molecule is Cc1cccc(CCCNC(=S)Nc2cccc(OC(C)C)c2)c1. The third-order valence-corrected chi connectivity index (χ3v) is 3.72. The number of benzene rings is 2. The molecule has 4 heteroatoms. The van der Waals surface area contributed by atoms with E-state index in [9.17, 15) is 0 Å². The molecule has 0 aliphatic rings. The maximum absolute atomic E-state index is 5.69. The first-order valence-electron chi connectivity index (χ1n) is 8.40. The Hall–Kier alpha value is -2.07. The largest absolute Gasteiger partial charge is 0.491 e. The number of thiocarbonyl (C=S) groups is 1. The Balaban J connectivity index is 1.73. The number of ether oxygens (including phenoxy) is 1. The van der Waals surface area contributed by atoms with E-state index in [2.05, 4.69) is 41.8 Å². The van der Waals surface area contributed by atoms with Gasteiger partial charge in [0.25, 0.3) is 0 Å². The van der Waals surface area contributed by atoms with Crippen LogP contribution in [-0.2, 0) is 6.42 Å². The van der Waals surface area contributed by atoms with Crippen molar-refractivity contribution in [3.63, 3.8) is 0 Å². The highest BCUT2D eigenvalue weighted by molar-refractivity contribution is 7.80. The zero-order chi connectivity index (χ0) is 17.4. The fourth-order valence-electron chi connectivity index (χ4n) is 2.46. The van der Waals surface area contributed by atoms with Gasteiger partial charge in [0.15, 0.2) is 5.11 Å². The Kier molecular flexibility index (Phi) is 7.07. The predicted octanol–water partition coefficient (Wildman–Crippen LogP) is 4.70. The normalized spacial score (nSPS) is 10.5. The maximum atomic E-state index is 5.69. The van der Waals surface area contributed by atoms with E-state index >= 15 is 0 Å². The van der Waals surface area contributed by atoms with Gasteiger partial charge in [-0.3, -0.25) is 0 Å². The second-order valence-corrected chi connectivity index (χ2v) is 6.58. The molecule has 0 heterocycles. The Bertz CT molecular complexity index is 670. The molecular formula is C20H26N2OS. The summed E-state index contributed by atoms with van der Waals surface area (Å²) >= 11 is 5.35. The van der Waals surface area contributed by atoms with Crippen LogP contribution < -0.4 is 15.4 Å². The van der Waals surface area contributed by atoms with Gasteiger partial charge in [-0.15, -0.1) is 0 Å². The van der Waals surface area contributed by atoms with Gasteiger partial charge in [-0.1, -0.05) is 35.9 Å². The van der Waals surface area contributed by atoms with E-state index in [4.69, 9.17) is 17.0 Å². The lowest BCUT2D eigenvalue weighted by Gasteiger charge is -2.13. The second-order valence-electron chi connectivity index (χ2n) is 6.17. The first-order valence-corrected chi connectivity index (χ1v) is 8.81. The molecule has 0 amide bonds. The monoisotopic (exact) mass is 342 g/mol. The molecule has 0 aromatic heterocycles. The summed E-state index contributed by atoms with van der Waals surface area (Å²) in [6, 6.07) is 16.5. The number of rotatable bonds is 7. The topological polar surface area (TPSA) is 33.3 Å². The van der Waals surface area contributed by atoms with Crippen molar-refractivity contribution in [1.82, 2.24) is 5.32 Å². The summed E-state index contributed by atoms with van der Waals surface area (Å²) in [6.45, 7) is 7.00. The lowest BCUT2D eigenvalue weighted by molar-refractivity contribution is 0.242. The fourth-order valence-corrected chi connectivity index (χ4v) is 2.68. The van der Waals surface area contributed by atoms with Crippen LogP contribution in [0.2, 0.25) is 0 Å². The van der Waals surface area contributed by atoms with Crippen molar-refractivity contribution in [2.45, 2.75) is 39.7 Å². The van der Waals surface area contributed by atoms with Crippen molar-refractivity contribution in [1.29, 1.82) is 0 Å². The van der Waals surface area contributed by atoms with Gasteiger partial charge in [0, 0.05) is 18.3 Å². The molecule has 2 rings (SSSR count). The summed E-state index contributed by atoms with van der Waals surface area (Å²) in [7, 11) is 0. The van der Waals surface area contributed by atoms with E-state index in [0.29, 0.717) is 5.11 Å². The van der Waals surface area contributed by atoms with Crippen LogP contribution in [0.5, 0.6) is 5.75 Å². The molecule has 0 saturated heterocycles. The molecule has 2 aromatic carbocycles. The number of anilines is 1.